The lowest BCUT2D eigenvalue weighted by atomic mass is 10.0. The second-order valence-corrected chi connectivity index (χ2v) is 5.07. The summed E-state index contributed by atoms with van der Waals surface area (Å²) in [6.07, 6.45) is -4.85. The van der Waals surface area contributed by atoms with Gasteiger partial charge < -0.3 is 9.94 Å². The van der Waals surface area contributed by atoms with Crippen molar-refractivity contribution in [1.82, 2.24) is 0 Å². The van der Waals surface area contributed by atoms with E-state index in [1.54, 1.807) is 19.1 Å². The van der Waals surface area contributed by atoms with Gasteiger partial charge >= 0.3 is 6.36 Å². The molecule has 0 spiro atoms. The van der Waals surface area contributed by atoms with Crippen molar-refractivity contribution in [3.63, 3.8) is 0 Å². The van der Waals surface area contributed by atoms with E-state index < -0.39 is 17.9 Å². The maximum Gasteiger partial charge on any atom is 0.573 e. The highest BCUT2D eigenvalue weighted by molar-refractivity contribution is 6.52. The Labute approximate surface area is 129 Å². The number of aryl methyl sites for hydroxylation is 1. The molecule has 3 rings (SSSR count). The number of nitrogens with zero attached hydrogens (tertiary/aromatic N) is 1. The Bertz CT molecular complexity index is 841. The van der Waals surface area contributed by atoms with E-state index in [-0.39, 0.29) is 22.5 Å². The summed E-state index contributed by atoms with van der Waals surface area (Å²) in [6, 6.07) is 9.58. The lowest BCUT2D eigenvalue weighted by Gasteiger charge is -2.09. The van der Waals surface area contributed by atoms with Crippen LogP contribution in [0.2, 0.25) is 0 Å². The molecule has 4 nitrogen and oxygen atoms in total. The zero-order valence-corrected chi connectivity index (χ0v) is 11.8. The third-order valence-corrected chi connectivity index (χ3v) is 3.38. The average Bonchev–Trinajstić information content (AvgIpc) is 2.69. The zero-order valence-electron chi connectivity index (χ0n) is 11.8. The van der Waals surface area contributed by atoms with E-state index in [1.165, 1.54) is 18.2 Å². The molecule has 1 aliphatic rings. The molecule has 2 aromatic rings. The number of carbonyl (C=O) groups excluding carboxylic acids is 1. The van der Waals surface area contributed by atoms with E-state index in [0.717, 1.165) is 17.7 Å². The number of carbonyl (C=O) groups is 1. The summed E-state index contributed by atoms with van der Waals surface area (Å²) >= 11 is 0. The number of alkyl halides is 3. The van der Waals surface area contributed by atoms with Crippen LogP contribution in [0.15, 0.2) is 42.5 Å². The summed E-state index contributed by atoms with van der Waals surface area (Å²) in [5, 5.41) is 12.4. The number of halogens is 3. The molecule has 0 aliphatic carbocycles. The van der Waals surface area contributed by atoms with Crippen LogP contribution in [0.25, 0.3) is 0 Å². The molecular formula is C16H10F3NO3. The molecule has 0 fully saturated rings. The van der Waals surface area contributed by atoms with Crippen molar-refractivity contribution < 1.29 is 27.4 Å². The topological polar surface area (TPSA) is 52.4 Å². The summed E-state index contributed by atoms with van der Waals surface area (Å²) in [5.74, 6) is -1.02. The SMILES string of the molecule is Cc1ccc2c(c1)[N+]([O-])=C(c1cccc(OC(F)(F)F)c1)C2=O. The molecule has 0 saturated carbocycles. The van der Waals surface area contributed by atoms with E-state index in [4.69, 9.17) is 0 Å². The summed E-state index contributed by atoms with van der Waals surface area (Å²) in [6.45, 7) is 1.77. The summed E-state index contributed by atoms with van der Waals surface area (Å²) in [7, 11) is 0. The van der Waals surface area contributed by atoms with Crippen LogP contribution < -0.4 is 4.74 Å². The number of benzene rings is 2. The van der Waals surface area contributed by atoms with Gasteiger partial charge in [0.2, 0.25) is 5.69 Å². The fraction of sp³-hybridized carbons (Fsp3) is 0.125. The minimum absolute atomic E-state index is 0.0700. The highest BCUT2D eigenvalue weighted by Gasteiger charge is 2.37. The first-order chi connectivity index (χ1) is 10.8. The molecule has 2 aromatic carbocycles. The quantitative estimate of drug-likeness (QED) is 0.626. The van der Waals surface area contributed by atoms with Crippen molar-refractivity contribution in [2.75, 3.05) is 0 Å². The third kappa shape index (κ3) is 2.77. The number of rotatable bonds is 2. The maximum atomic E-state index is 12.4. The van der Waals surface area contributed by atoms with Crippen molar-refractivity contribution in [2.45, 2.75) is 13.3 Å². The average molecular weight is 321 g/mol. The molecule has 1 aliphatic heterocycles. The second-order valence-electron chi connectivity index (χ2n) is 5.07. The Morgan fingerprint density at radius 2 is 1.87 bits per heavy atom. The molecule has 23 heavy (non-hydrogen) atoms. The van der Waals surface area contributed by atoms with Crippen molar-refractivity contribution in [2.24, 2.45) is 0 Å². The van der Waals surface area contributed by atoms with Gasteiger partial charge in [-0.2, -0.15) is 4.74 Å². The molecule has 0 aromatic heterocycles. The first-order valence-corrected chi connectivity index (χ1v) is 6.62. The Morgan fingerprint density at radius 3 is 2.57 bits per heavy atom. The number of ketones is 1. The largest absolute Gasteiger partial charge is 0.618 e. The molecule has 0 radical (unpaired) electrons. The van der Waals surface area contributed by atoms with Gasteiger partial charge in [-0.05, 0) is 36.8 Å². The van der Waals surface area contributed by atoms with Crippen molar-refractivity contribution in [1.29, 1.82) is 0 Å². The van der Waals surface area contributed by atoms with Crippen molar-refractivity contribution in [3.8, 4) is 5.75 Å². The van der Waals surface area contributed by atoms with Crippen LogP contribution in [0, 0.1) is 12.1 Å². The van der Waals surface area contributed by atoms with Crippen LogP contribution in [-0.2, 0) is 0 Å². The molecule has 7 heteroatoms. The minimum atomic E-state index is -4.85. The molecule has 0 bridgehead atoms. The highest BCUT2D eigenvalue weighted by Crippen LogP contribution is 2.30. The van der Waals surface area contributed by atoms with E-state index >= 15 is 0 Å². The van der Waals surface area contributed by atoms with E-state index in [9.17, 15) is 23.2 Å². The first-order valence-electron chi connectivity index (χ1n) is 6.62. The molecular weight excluding hydrogens is 311 g/mol. The van der Waals surface area contributed by atoms with Gasteiger partial charge in [0.25, 0.3) is 11.5 Å². The van der Waals surface area contributed by atoms with Gasteiger partial charge in [-0.3, -0.25) is 4.79 Å². The van der Waals surface area contributed by atoms with Gasteiger partial charge in [-0.15, -0.1) is 13.2 Å². The van der Waals surface area contributed by atoms with Gasteiger partial charge in [0.05, 0.1) is 5.56 Å². The standard InChI is InChI=1S/C16H10F3NO3/c1-9-5-6-12-13(7-9)20(22)14(15(12)21)10-3-2-4-11(8-10)23-16(17,18)19/h2-8H,1H3. The Hall–Kier alpha value is -2.83. The van der Waals surface area contributed by atoms with E-state index in [0.29, 0.717) is 4.74 Å². The molecule has 0 amide bonds. The Kier molecular flexibility index (Phi) is 3.35. The predicted molar refractivity (Wildman–Crippen MR) is 76.0 cm³/mol. The van der Waals surface area contributed by atoms with Gasteiger partial charge in [0.1, 0.15) is 11.3 Å². The Balaban J connectivity index is 2.06. The molecule has 1 heterocycles. The number of ether oxygens (including phenoxy) is 1. The predicted octanol–water partition coefficient (Wildman–Crippen LogP) is 3.72. The van der Waals surface area contributed by atoms with Gasteiger partial charge in [-0.25, -0.2) is 0 Å². The summed E-state index contributed by atoms with van der Waals surface area (Å²) < 4.78 is 41.2. The summed E-state index contributed by atoms with van der Waals surface area (Å²) in [4.78, 5) is 12.4. The van der Waals surface area contributed by atoms with Crippen molar-refractivity contribution >= 4 is 17.2 Å². The molecule has 0 N–H and O–H groups in total. The van der Waals surface area contributed by atoms with Crippen LogP contribution in [0.3, 0.4) is 0 Å². The Morgan fingerprint density at radius 1 is 1.13 bits per heavy atom. The number of hydrogen-bond acceptors (Lipinski definition) is 3. The molecule has 0 saturated heterocycles. The van der Waals surface area contributed by atoms with Crippen LogP contribution in [0.1, 0.15) is 21.5 Å². The smallest absolute Gasteiger partial charge is 0.573 e. The lowest BCUT2D eigenvalue weighted by Crippen LogP contribution is -2.19. The zero-order chi connectivity index (χ0) is 16.8. The lowest BCUT2D eigenvalue weighted by molar-refractivity contribution is -0.355. The fourth-order valence-electron chi connectivity index (χ4n) is 2.43. The van der Waals surface area contributed by atoms with Gasteiger partial charge in [0.15, 0.2) is 0 Å². The highest BCUT2D eigenvalue weighted by atomic mass is 19.4. The van der Waals surface area contributed by atoms with Crippen LogP contribution in [-0.4, -0.2) is 22.6 Å². The van der Waals surface area contributed by atoms with Crippen molar-refractivity contribution in [3.05, 3.63) is 64.4 Å². The minimum Gasteiger partial charge on any atom is -0.618 e. The molecule has 118 valence electrons. The summed E-state index contributed by atoms with van der Waals surface area (Å²) in [5.41, 5.74) is 1.06. The number of hydrogen-bond donors (Lipinski definition) is 0. The molecule has 0 atom stereocenters. The monoisotopic (exact) mass is 321 g/mol. The van der Waals surface area contributed by atoms with Crippen LogP contribution >= 0.6 is 0 Å². The third-order valence-electron chi connectivity index (χ3n) is 3.38. The molecule has 0 unspecified atom stereocenters. The number of fused-ring (bicyclic) bond motifs is 1. The van der Waals surface area contributed by atoms with Gasteiger partial charge in [-0.1, -0.05) is 12.1 Å². The van der Waals surface area contributed by atoms with Gasteiger partial charge in [0, 0.05) is 6.07 Å². The number of Topliss-reactive ketones (excluding diaryl/α,β-unsaturated/α-hetero) is 1. The first kappa shape index (κ1) is 15.1. The van der Waals surface area contributed by atoms with E-state index in [2.05, 4.69) is 4.74 Å². The van der Waals surface area contributed by atoms with E-state index in [1.807, 2.05) is 0 Å². The van der Waals surface area contributed by atoms with Crippen LogP contribution in [0.5, 0.6) is 5.75 Å². The van der Waals surface area contributed by atoms with Crippen LogP contribution in [0.4, 0.5) is 18.9 Å². The maximum absolute atomic E-state index is 12.4. The normalized spacial score (nSPS) is 14.2. The second kappa shape index (κ2) is 5.12. The fourth-order valence-corrected chi connectivity index (χ4v) is 2.43.